The molecule has 2 aromatic rings. The number of carboxylic acids is 1. The molecule has 18 heavy (non-hydrogen) atoms. The predicted octanol–water partition coefficient (Wildman–Crippen LogP) is 1.73. The van der Waals surface area contributed by atoms with E-state index in [2.05, 4.69) is 4.98 Å². The standard InChI is InChI=1S/C13H13NO4/c1-8(15)18-12(13(16)17)6-9-7-14-11-5-3-2-4-10(9)11/h2-5,7,12,14H,6H2,1H3,(H,16,17)/t12-/m1/s1. The van der Waals surface area contributed by atoms with Gasteiger partial charge in [-0.25, -0.2) is 4.79 Å². The van der Waals surface area contributed by atoms with Crippen LogP contribution in [-0.4, -0.2) is 28.1 Å². The maximum Gasteiger partial charge on any atom is 0.345 e. The summed E-state index contributed by atoms with van der Waals surface area (Å²) in [7, 11) is 0. The number of H-pyrrole nitrogens is 1. The van der Waals surface area contributed by atoms with Crippen molar-refractivity contribution in [2.24, 2.45) is 0 Å². The number of benzene rings is 1. The largest absolute Gasteiger partial charge is 0.478 e. The van der Waals surface area contributed by atoms with Gasteiger partial charge in [0.05, 0.1) is 0 Å². The molecule has 2 N–H and O–H groups in total. The minimum absolute atomic E-state index is 0.152. The van der Waals surface area contributed by atoms with Crippen LogP contribution in [0.3, 0.4) is 0 Å². The van der Waals surface area contributed by atoms with E-state index >= 15 is 0 Å². The molecule has 1 atom stereocenters. The molecule has 1 aromatic carbocycles. The molecule has 94 valence electrons. The Labute approximate surface area is 103 Å². The first-order chi connectivity index (χ1) is 8.58. The highest BCUT2D eigenvalue weighted by molar-refractivity contribution is 5.84. The van der Waals surface area contributed by atoms with Crippen LogP contribution in [0.1, 0.15) is 12.5 Å². The predicted molar refractivity (Wildman–Crippen MR) is 65.2 cm³/mol. The molecular formula is C13H13NO4. The van der Waals surface area contributed by atoms with Crippen molar-refractivity contribution in [2.75, 3.05) is 0 Å². The number of nitrogens with one attached hydrogen (secondary N) is 1. The van der Waals surface area contributed by atoms with E-state index in [-0.39, 0.29) is 6.42 Å². The van der Waals surface area contributed by atoms with Crippen LogP contribution in [-0.2, 0) is 20.7 Å². The highest BCUT2D eigenvalue weighted by Crippen LogP contribution is 2.19. The summed E-state index contributed by atoms with van der Waals surface area (Å²) in [5.74, 6) is -1.74. The van der Waals surface area contributed by atoms with E-state index < -0.39 is 18.0 Å². The first kappa shape index (κ1) is 12.2. The highest BCUT2D eigenvalue weighted by Gasteiger charge is 2.22. The van der Waals surface area contributed by atoms with Crippen molar-refractivity contribution in [3.8, 4) is 0 Å². The monoisotopic (exact) mass is 247 g/mol. The van der Waals surface area contributed by atoms with E-state index in [9.17, 15) is 9.59 Å². The summed E-state index contributed by atoms with van der Waals surface area (Å²) < 4.78 is 4.78. The third-order valence-corrected chi connectivity index (χ3v) is 2.66. The second-order valence-corrected chi connectivity index (χ2v) is 4.00. The van der Waals surface area contributed by atoms with Gasteiger partial charge in [-0.05, 0) is 11.6 Å². The van der Waals surface area contributed by atoms with Gasteiger partial charge in [0.2, 0.25) is 6.10 Å². The SMILES string of the molecule is CC(=O)O[C@H](Cc1c[nH]c2ccccc12)C(=O)O. The second-order valence-electron chi connectivity index (χ2n) is 4.00. The molecule has 0 radical (unpaired) electrons. The lowest BCUT2D eigenvalue weighted by atomic mass is 10.1. The van der Waals surface area contributed by atoms with Crippen LogP contribution in [0.25, 0.3) is 10.9 Å². The van der Waals surface area contributed by atoms with Crippen molar-refractivity contribution in [3.63, 3.8) is 0 Å². The summed E-state index contributed by atoms with van der Waals surface area (Å²) >= 11 is 0. The molecule has 0 spiro atoms. The maximum absolute atomic E-state index is 11.0. The molecule has 0 aliphatic heterocycles. The van der Waals surface area contributed by atoms with E-state index in [4.69, 9.17) is 9.84 Å². The number of aromatic amines is 1. The number of aromatic nitrogens is 1. The van der Waals surface area contributed by atoms with E-state index in [1.807, 2.05) is 24.3 Å². The van der Waals surface area contributed by atoms with Crippen LogP contribution < -0.4 is 0 Å². The Bertz CT molecular complexity index is 587. The summed E-state index contributed by atoms with van der Waals surface area (Å²) in [6, 6.07) is 7.57. The zero-order chi connectivity index (χ0) is 13.1. The molecule has 1 heterocycles. The van der Waals surface area contributed by atoms with Gasteiger partial charge in [-0.1, -0.05) is 18.2 Å². The molecule has 0 fully saturated rings. The molecule has 1 aromatic heterocycles. The van der Waals surface area contributed by atoms with Crippen LogP contribution in [0.4, 0.5) is 0 Å². The number of carbonyl (C=O) groups is 2. The molecule has 0 amide bonds. The number of carbonyl (C=O) groups excluding carboxylic acids is 1. The smallest absolute Gasteiger partial charge is 0.345 e. The minimum atomic E-state index is -1.15. The summed E-state index contributed by atoms with van der Waals surface area (Å²) in [5, 5.41) is 9.95. The zero-order valence-corrected chi connectivity index (χ0v) is 9.84. The number of rotatable bonds is 4. The average molecular weight is 247 g/mol. The summed E-state index contributed by atoms with van der Waals surface area (Å²) in [6.07, 6.45) is 0.741. The van der Waals surface area contributed by atoms with E-state index in [1.54, 1.807) is 6.20 Å². The number of aliphatic carboxylic acids is 1. The van der Waals surface area contributed by atoms with Gasteiger partial charge in [0.1, 0.15) is 0 Å². The topological polar surface area (TPSA) is 79.4 Å². The average Bonchev–Trinajstić information content (AvgIpc) is 2.71. The Morgan fingerprint density at radius 1 is 1.39 bits per heavy atom. The lowest BCUT2D eigenvalue weighted by Gasteiger charge is -2.11. The molecule has 2 rings (SSSR count). The molecule has 0 aliphatic rings. The molecule has 0 unspecified atom stereocenters. The van der Waals surface area contributed by atoms with Gasteiger partial charge in [0.15, 0.2) is 0 Å². The van der Waals surface area contributed by atoms with Crippen LogP contribution >= 0.6 is 0 Å². The Morgan fingerprint density at radius 2 is 2.11 bits per heavy atom. The fourth-order valence-electron chi connectivity index (χ4n) is 1.88. The van der Waals surface area contributed by atoms with Crippen LogP contribution in [0.2, 0.25) is 0 Å². The summed E-state index contributed by atoms with van der Waals surface area (Å²) in [5.41, 5.74) is 1.75. The third kappa shape index (κ3) is 2.51. The minimum Gasteiger partial charge on any atom is -0.478 e. The van der Waals surface area contributed by atoms with Crippen molar-refractivity contribution < 1.29 is 19.4 Å². The van der Waals surface area contributed by atoms with Crippen molar-refractivity contribution in [1.29, 1.82) is 0 Å². The number of para-hydroxylation sites is 1. The van der Waals surface area contributed by atoms with Gasteiger partial charge < -0.3 is 14.8 Å². The zero-order valence-electron chi connectivity index (χ0n) is 9.84. The Kier molecular flexibility index (Phi) is 3.32. The third-order valence-electron chi connectivity index (χ3n) is 2.66. The summed E-state index contributed by atoms with van der Waals surface area (Å²) in [6.45, 7) is 1.20. The fraction of sp³-hybridized carbons (Fsp3) is 0.231. The van der Waals surface area contributed by atoms with E-state index in [0.29, 0.717) is 0 Å². The highest BCUT2D eigenvalue weighted by atomic mass is 16.6. The number of hydrogen-bond acceptors (Lipinski definition) is 3. The van der Waals surface area contributed by atoms with Crippen molar-refractivity contribution in [2.45, 2.75) is 19.4 Å². The van der Waals surface area contributed by atoms with Gasteiger partial charge in [-0.15, -0.1) is 0 Å². The van der Waals surface area contributed by atoms with E-state index in [1.165, 1.54) is 6.92 Å². The Balaban J connectivity index is 2.26. The van der Waals surface area contributed by atoms with Crippen LogP contribution in [0, 0.1) is 0 Å². The van der Waals surface area contributed by atoms with Crippen LogP contribution in [0.5, 0.6) is 0 Å². The first-order valence-electron chi connectivity index (χ1n) is 5.53. The van der Waals surface area contributed by atoms with Crippen molar-refractivity contribution in [1.82, 2.24) is 4.98 Å². The maximum atomic E-state index is 11.0. The number of hydrogen-bond donors (Lipinski definition) is 2. The van der Waals surface area contributed by atoms with Gasteiger partial charge in [-0.2, -0.15) is 0 Å². The molecular weight excluding hydrogens is 234 g/mol. The van der Waals surface area contributed by atoms with Gasteiger partial charge >= 0.3 is 11.9 Å². The molecule has 5 heteroatoms. The van der Waals surface area contributed by atoms with Gasteiger partial charge in [-0.3, -0.25) is 4.79 Å². The second kappa shape index (κ2) is 4.91. The lowest BCUT2D eigenvalue weighted by molar-refractivity contribution is -0.162. The number of carboxylic acid groups (broad SMARTS) is 1. The number of fused-ring (bicyclic) bond motifs is 1. The Morgan fingerprint density at radius 3 is 2.78 bits per heavy atom. The quantitative estimate of drug-likeness (QED) is 0.806. The van der Waals surface area contributed by atoms with Crippen molar-refractivity contribution >= 4 is 22.8 Å². The molecule has 0 saturated carbocycles. The first-order valence-corrected chi connectivity index (χ1v) is 5.53. The van der Waals surface area contributed by atoms with Gasteiger partial charge in [0, 0.05) is 30.4 Å². The van der Waals surface area contributed by atoms with Crippen LogP contribution in [0.15, 0.2) is 30.5 Å². The normalized spacial score (nSPS) is 12.3. The van der Waals surface area contributed by atoms with Crippen molar-refractivity contribution in [3.05, 3.63) is 36.0 Å². The molecule has 0 bridgehead atoms. The fourth-order valence-corrected chi connectivity index (χ4v) is 1.88. The van der Waals surface area contributed by atoms with E-state index in [0.717, 1.165) is 16.5 Å². The molecule has 0 saturated heterocycles. The molecule has 5 nitrogen and oxygen atoms in total. The Hall–Kier alpha value is -2.30. The van der Waals surface area contributed by atoms with Gasteiger partial charge in [0.25, 0.3) is 0 Å². The number of esters is 1. The number of ether oxygens (including phenoxy) is 1. The molecule has 0 aliphatic carbocycles. The lowest BCUT2D eigenvalue weighted by Crippen LogP contribution is -2.28. The summed E-state index contributed by atoms with van der Waals surface area (Å²) in [4.78, 5) is 24.9.